The molecule has 0 aliphatic rings. The third-order valence-electron chi connectivity index (χ3n) is 0.884. The summed E-state index contributed by atoms with van der Waals surface area (Å²) in [6.07, 6.45) is -5.02. The maximum absolute atomic E-state index is 11.5. The van der Waals surface area contributed by atoms with Crippen LogP contribution in [0.4, 0.5) is 18.0 Å². The van der Waals surface area contributed by atoms with E-state index >= 15 is 0 Å². The molecule has 0 spiro atoms. The largest absolute Gasteiger partial charge is 0.471 e. The zero-order valence-electron chi connectivity index (χ0n) is 6.40. The summed E-state index contributed by atoms with van der Waals surface area (Å²) in [4.78, 5) is 21.4. The molecule has 0 atom stereocenters. The van der Waals surface area contributed by atoms with E-state index in [1.807, 2.05) is 0 Å². The van der Waals surface area contributed by atoms with Gasteiger partial charge in [0.25, 0.3) is 0 Å². The molecular weight excluding hydrogens is 177 g/mol. The van der Waals surface area contributed by atoms with Gasteiger partial charge in [0.2, 0.25) is 0 Å². The average Bonchev–Trinajstić information content (AvgIpc) is 1.85. The lowest BCUT2D eigenvalue weighted by atomic mass is 10.6. The monoisotopic (exact) mass is 184 g/mol. The van der Waals surface area contributed by atoms with Crippen molar-refractivity contribution >= 4 is 11.9 Å². The number of halogens is 3. The van der Waals surface area contributed by atoms with Gasteiger partial charge in [0.15, 0.2) is 0 Å². The van der Waals surface area contributed by atoms with Crippen molar-refractivity contribution < 1.29 is 22.8 Å². The Bertz CT molecular complexity index is 199. The molecule has 0 aromatic heterocycles. The van der Waals surface area contributed by atoms with Crippen molar-refractivity contribution in [1.29, 1.82) is 0 Å². The Kier molecular flexibility index (Phi) is 3.06. The first-order chi connectivity index (χ1) is 5.25. The van der Waals surface area contributed by atoms with Crippen molar-refractivity contribution in [1.82, 2.24) is 10.2 Å². The van der Waals surface area contributed by atoms with Crippen LogP contribution in [-0.4, -0.2) is 37.1 Å². The molecule has 3 amide bonds. The fourth-order valence-corrected chi connectivity index (χ4v) is 0.280. The van der Waals surface area contributed by atoms with Gasteiger partial charge in [-0.1, -0.05) is 0 Å². The van der Waals surface area contributed by atoms with Crippen LogP contribution in [0.5, 0.6) is 0 Å². The van der Waals surface area contributed by atoms with Gasteiger partial charge in [0.1, 0.15) is 0 Å². The Balaban J connectivity index is 4.12. The summed E-state index contributed by atoms with van der Waals surface area (Å²) in [5.41, 5.74) is 0. The van der Waals surface area contributed by atoms with Gasteiger partial charge >= 0.3 is 18.1 Å². The maximum Gasteiger partial charge on any atom is 0.471 e. The second-order valence-corrected chi connectivity index (χ2v) is 2.15. The van der Waals surface area contributed by atoms with Gasteiger partial charge in [-0.2, -0.15) is 13.2 Å². The smallest absolute Gasteiger partial charge is 0.331 e. The first kappa shape index (κ1) is 10.7. The quantitative estimate of drug-likeness (QED) is 0.590. The Morgan fingerprint density at radius 1 is 1.25 bits per heavy atom. The molecule has 12 heavy (non-hydrogen) atoms. The van der Waals surface area contributed by atoms with Gasteiger partial charge in [-0.25, -0.2) is 4.79 Å². The van der Waals surface area contributed by atoms with Crippen LogP contribution in [0, 0.1) is 0 Å². The molecule has 0 bridgehead atoms. The molecule has 0 radical (unpaired) electrons. The van der Waals surface area contributed by atoms with E-state index in [0.29, 0.717) is 0 Å². The Hall–Kier alpha value is -1.27. The summed E-state index contributed by atoms with van der Waals surface area (Å²) in [7, 11) is 2.44. The van der Waals surface area contributed by atoms with Crippen molar-refractivity contribution in [3.63, 3.8) is 0 Å². The molecule has 7 heteroatoms. The van der Waals surface area contributed by atoms with E-state index in [1.165, 1.54) is 14.1 Å². The number of amides is 3. The lowest BCUT2D eigenvalue weighted by Crippen LogP contribution is -2.45. The molecule has 0 fully saturated rings. The van der Waals surface area contributed by atoms with Crippen LogP contribution in [-0.2, 0) is 4.79 Å². The SMILES string of the molecule is CN(C)C(=O)NC(=O)C(F)(F)F. The molecular formula is C5H7F3N2O2. The minimum Gasteiger partial charge on any atom is -0.331 e. The number of carbonyl (C=O) groups is 2. The molecule has 0 saturated heterocycles. The van der Waals surface area contributed by atoms with Gasteiger partial charge in [0.05, 0.1) is 0 Å². The van der Waals surface area contributed by atoms with Gasteiger partial charge in [0, 0.05) is 14.1 Å². The predicted molar refractivity (Wildman–Crippen MR) is 33.3 cm³/mol. The summed E-state index contributed by atoms with van der Waals surface area (Å²) < 4.78 is 34.5. The van der Waals surface area contributed by atoms with E-state index in [2.05, 4.69) is 0 Å². The minimum absolute atomic E-state index is 0.823. The highest BCUT2D eigenvalue weighted by Crippen LogP contribution is 2.13. The van der Waals surface area contributed by atoms with E-state index in [9.17, 15) is 22.8 Å². The van der Waals surface area contributed by atoms with Crippen molar-refractivity contribution in [2.24, 2.45) is 0 Å². The minimum atomic E-state index is -5.02. The first-order valence-corrected chi connectivity index (χ1v) is 2.84. The normalized spacial score (nSPS) is 10.8. The number of carbonyl (C=O) groups excluding carboxylic acids is 2. The summed E-state index contributed by atoms with van der Waals surface area (Å²) in [6, 6.07) is -1.10. The predicted octanol–water partition coefficient (Wildman–Crippen LogP) is 0.346. The third kappa shape index (κ3) is 3.22. The Morgan fingerprint density at radius 2 is 1.67 bits per heavy atom. The molecule has 70 valence electrons. The first-order valence-electron chi connectivity index (χ1n) is 2.84. The molecule has 0 saturated carbocycles. The Labute approximate surface area is 66.3 Å². The number of imide groups is 1. The van der Waals surface area contributed by atoms with E-state index in [4.69, 9.17) is 0 Å². The van der Waals surface area contributed by atoms with Crippen LogP contribution in [0.15, 0.2) is 0 Å². The maximum atomic E-state index is 11.5. The number of alkyl halides is 3. The number of urea groups is 1. The van der Waals surface area contributed by atoms with Crippen LogP contribution < -0.4 is 5.32 Å². The zero-order chi connectivity index (χ0) is 9.94. The van der Waals surface area contributed by atoms with Gasteiger partial charge in [-0.3, -0.25) is 10.1 Å². The van der Waals surface area contributed by atoms with Gasteiger partial charge in [-0.05, 0) is 0 Å². The van der Waals surface area contributed by atoms with Gasteiger partial charge in [-0.15, -0.1) is 0 Å². The molecule has 1 N–H and O–H groups in total. The summed E-state index contributed by atoms with van der Waals surface area (Å²) in [5, 5.41) is 1.14. The number of hydrogen-bond acceptors (Lipinski definition) is 2. The van der Waals surface area contributed by atoms with Crippen molar-refractivity contribution in [2.45, 2.75) is 6.18 Å². The van der Waals surface area contributed by atoms with Crippen LogP contribution in [0.1, 0.15) is 0 Å². The average molecular weight is 184 g/mol. The van der Waals surface area contributed by atoms with E-state index in [1.54, 1.807) is 0 Å². The lowest BCUT2D eigenvalue weighted by Gasteiger charge is -2.11. The highest BCUT2D eigenvalue weighted by molar-refractivity contribution is 5.96. The third-order valence-corrected chi connectivity index (χ3v) is 0.884. The Morgan fingerprint density at radius 3 is 1.92 bits per heavy atom. The van der Waals surface area contributed by atoms with Gasteiger partial charge < -0.3 is 4.90 Å². The van der Waals surface area contributed by atoms with Crippen LogP contribution in [0.25, 0.3) is 0 Å². The van der Waals surface area contributed by atoms with Crippen LogP contribution >= 0.6 is 0 Å². The summed E-state index contributed by atoms with van der Waals surface area (Å²) >= 11 is 0. The van der Waals surface area contributed by atoms with Crippen molar-refractivity contribution in [2.75, 3.05) is 14.1 Å². The van der Waals surface area contributed by atoms with E-state index in [-0.39, 0.29) is 0 Å². The van der Waals surface area contributed by atoms with Crippen molar-refractivity contribution in [3.05, 3.63) is 0 Å². The molecule has 0 rings (SSSR count). The van der Waals surface area contributed by atoms with Crippen LogP contribution in [0.2, 0.25) is 0 Å². The number of hydrogen-bond donors (Lipinski definition) is 1. The fraction of sp³-hybridized carbons (Fsp3) is 0.600. The number of rotatable bonds is 0. The number of nitrogens with one attached hydrogen (secondary N) is 1. The molecule has 0 aliphatic carbocycles. The standard InChI is InChI=1S/C5H7F3N2O2/c1-10(2)4(12)9-3(11)5(6,7)8/h1-2H3,(H,9,11,12). The highest BCUT2D eigenvalue weighted by Gasteiger charge is 2.39. The molecule has 4 nitrogen and oxygen atoms in total. The van der Waals surface area contributed by atoms with Crippen molar-refractivity contribution in [3.8, 4) is 0 Å². The lowest BCUT2D eigenvalue weighted by molar-refractivity contribution is -0.172. The second kappa shape index (κ2) is 3.42. The topological polar surface area (TPSA) is 49.4 Å². The molecule has 0 unspecified atom stereocenters. The van der Waals surface area contributed by atoms with E-state index < -0.39 is 18.1 Å². The zero-order valence-corrected chi connectivity index (χ0v) is 6.40. The molecule has 0 aromatic carbocycles. The number of nitrogens with zero attached hydrogens (tertiary/aromatic N) is 1. The van der Waals surface area contributed by atoms with E-state index in [0.717, 1.165) is 10.2 Å². The second-order valence-electron chi connectivity index (χ2n) is 2.15. The summed E-state index contributed by atoms with van der Waals surface area (Å²) in [6.45, 7) is 0. The molecule has 0 aromatic rings. The highest BCUT2D eigenvalue weighted by atomic mass is 19.4. The molecule has 0 heterocycles. The molecule has 0 aliphatic heterocycles. The van der Waals surface area contributed by atoms with Crippen LogP contribution in [0.3, 0.4) is 0 Å². The fourth-order valence-electron chi connectivity index (χ4n) is 0.280. The summed E-state index contributed by atoms with van der Waals surface area (Å²) in [5.74, 6) is -2.26.